The normalized spacial score (nSPS) is 10.3. The highest BCUT2D eigenvalue weighted by molar-refractivity contribution is 5.73. The summed E-state index contributed by atoms with van der Waals surface area (Å²) in [4.78, 5) is 20.6. The minimum atomic E-state index is -0.263. The van der Waals surface area contributed by atoms with Crippen molar-refractivity contribution in [3.05, 3.63) is 34.6 Å². The van der Waals surface area contributed by atoms with Crippen LogP contribution in [-0.4, -0.2) is 31.2 Å². The number of aromatic amines is 1. The lowest BCUT2D eigenvalue weighted by molar-refractivity contribution is 0.415. The molecule has 0 aliphatic carbocycles. The molecule has 0 saturated heterocycles. The topological polar surface area (TPSA) is 84.2 Å². The molecule has 0 fully saturated rings. The van der Waals surface area contributed by atoms with Gasteiger partial charge in [0.05, 0.1) is 12.7 Å². The largest absolute Gasteiger partial charge is 0.497 e. The van der Waals surface area contributed by atoms with Crippen LogP contribution in [0.2, 0.25) is 0 Å². The second kappa shape index (κ2) is 5.01. The second-order valence-electron chi connectivity index (χ2n) is 4.27. The Hall–Kier alpha value is -2.50. The molecule has 0 aliphatic heterocycles. The number of nitrogens with one attached hydrogen (secondary N) is 1. The van der Waals surface area contributed by atoms with Gasteiger partial charge >= 0.3 is 0 Å². The lowest BCUT2D eigenvalue weighted by Gasteiger charge is -2.13. The van der Waals surface area contributed by atoms with Crippen LogP contribution in [0.5, 0.6) is 5.75 Å². The fourth-order valence-electron chi connectivity index (χ4n) is 1.73. The van der Waals surface area contributed by atoms with Gasteiger partial charge in [0.1, 0.15) is 11.6 Å². The number of rotatable bonds is 3. The Morgan fingerprint density at radius 2 is 1.89 bits per heavy atom. The summed E-state index contributed by atoms with van der Waals surface area (Å²) in [5.74, 6) is 1.36. The average molecular weight is 260 g/mol. The highest BCUT2D eigenvalue weighted by Crippen LogP contribution is 2.23. The molecule has 0 aliphatic rings. The van der Waals surface area contributed by atoms with Crippen molar-refractivity contribution in [1.29, 1.82) is 0 Å². The lowest BCUT2D eigenvalue weighted by atomic mass is 10.1. The summed E-state index contributed by atoms with van der Waals surface area (Å²) in [6.07, 6.45) is 0. The second-order valence-corrected chi connectivity index (χ2v) is 4.27. The molecule has 1 aromatic carbocycles. The Kier molecular flexibility index (Phi) is 3.41. The van der Waals surface area contributed by atoms with Gasteiger partial charge < -0.3 is 15.4 Å². The molecule has 2 rings (SSSR count). The summed E-state index contributed by atoms with van der Waals surface area (Å²) in [6, 6.07) is 7.09. The standard InChI is InChI=1S/C13H16N4O2/c1-17(2)13-15-11(14)10(12(18)16-13)8-4-6-9(19-3)7-5-8/h4-7H,1-3H3,(H3,14,15,16,18). The van der Waals surface area contributed by atoms with Crippen molar-refractivity contribution in [2.75, 3.05) is 31.8 Å². The molecule has 1 heterocycles. The van der Waals surface area contributed by atoms with E-state index in [-0.39, 0.29) is 11.4 Å². The number of ether oxygens (including phenoxy) is 1. The van der Waals surface area contributed by atoms with Gasteiger partial charge in [-0.25, -0.2) is 0 Å². The molecular formula is C13H16N4O2. The maximum absolute atomic E-state index is 12.1. The third-order valence-electron chi connectivity index (χ3n) is 2.74. The molecule has 0 radical (unpaired) electrons. The van der Waals surface area contributed by atoms with Crippen LogP contribution in [0.4, 0.5) is 11.8 Å². The molecule has 100 valence electrons. The molecule has 3 N–H and O–H groups in total. The Balaban J connectivity index is 2.53. The molecule has 0 unspecified atom stereocenters. The van der Waals surface area contributed by atoms with E-state index in [1.165, 1.54) is 0 Å². The van der Waals surface area contributed by atoms with Crippen LogP contribution < -0.4 is 20.9 Å². The lowest BCUT2D eigenvalue weighted by Crippen LogP contribution is -2.21. The predicted molar refractivity (Wildman–Crippen MR) is 75.6 cm³/mol. The van der Waals surface area contributed by atoms with E-state index in [9.17, 15) is 4.79 Å². The summed E-state index contributed by atoms with van der Waals surface area (Å²) in [5.41, 5.74) is 6.69. The molecule has 19 heavy (non-hydrogen) atoms. The highest BCUT2D eigenvalue weighted by atomic mass is 16.5. The van der Waals surface area contributed by atoms with Crippen molar-refractivity contribution in [2.24, 2.45) is 0 Å². The van der Waals surface area contributed by atoms with Crippen molar-refractivity contribution in [3.8, 4) is 16.9 Å². The number of anilines is 2. The van der Waals surface area contributed by atoms with Gasteiger partial charge in [0.2, 0.25) is 5.95 Å². The number of H-pyrrole nitrogens is 1. The number of hydrogen-bond donors (Lipinski definition) is 2. The Labute approximate surface area is 110 Å². The van der Waals surface area contributed by atoms with Gasteiger partial charge in [-0.1, -0.05) is 12.1 Å². The van der Waals surface area contributed by atoms with Gasteiger partial charge in [-0.05, 0) is 17.7 Å². The Morgan fingerprint density at radius 3 is 2.37 bits per heavy atom. The molecule has 1 aromatic heterocycles. The summed E-state index contributed by atoms with van der Waals surface area (Å²) >= 11 is 0. The highest BCUT2D eigenvalue weighted by Gasteiger charge is 2.12. The molecule has 0 saturated carbocycles. The van der Waals surface area contributed by atoms with Crippen LogP contribution in [0.25, 0.3) is 11.1 Å². The first-order valence-corrected chi connectivity index (χ1v) is 5.74. The van der Waals surface area contributed by atoms with Gasteiger partial charge in [-0.3, -0.25) is 9.78 Å². The first kappa shape index (κ1) is 12.9. The van der Waals surface area contributed by atoms with Crippen LogP contribution in [0.15, 0.2) is 29.1 Å². The van der Waals surface area contributed by atoms with E-state index in [1.54, 1.807) is 50.4 Å². The molecule has 0 bridgehead atoms. The smallest absolute Gasteiger partial charge is 0.262 e. The van der Waals surface area contributed by atoms with Gasteiger partial charge in [0.15, 0.2) is 0 Å². The van der Waals surface area contributed by atoms with Crippen LogP contribution in [-0.2, 0) is 0 Å². The summed E-state index contributed by atoms with van der Waals surface area (Å²) < 4.78 is 5.08. The zero-order valence-electron chi connectivity index (χ0n) is 11.1. The maximum Gasteiger partial charge on any atom is 0.262 e. The van der Waals surface area contributed by atoms with Gasteiger partial charge in [-0.15, -0.1) is 0 Å². The van der Waals surface area contributed by atoms with E-state index in [1.807, 2.05) is 0 Å². The van der Waals surface area contributed by atoms with Gasteiger partial charge in [0.25, 0.3) is 5.56 Å². The van der Waals surface area contributed by atoms with Crippen molar-refractivity contribution in [2.45, 2.75) is 0 Å². The number of methoxy groups -OCH3 is 1. The van der Waals surface area contributed by atoms with Gasteiger partial charge in [-0.2, -0.15) is 4.98 Å². The van der Waals surface area contributed by atoms with E-state index < -0.39 is 0 Å². The van der Waals surface area contributed by atoms with Crippen molar-refractivity contribution >= 4 is 11.8 Å². The van der Waals surface area contributed by atoms with Crippen molar-refractivity contribution < 1.29 is 4.74 Å². The third-order valence-corrected chi connectivity index (χ3v) is 2.74. The number of nitrogens with zero attached hydrogens (tertiary/aromatic N) is 2. The van der Waals surface area contributed by atoms with Crippen LogP contribution >= 0.6 is 0 Å². The molecule has 0 amide bonds. The number of aromatic nitrogens is 2. The zero-order valence-corrected chi connectivity index (χ0v) is 11.1. The first-order chi connectivity index (χ1) is 9.02. The van der Waals surface area contributed by atoms with Crippen molar-refractivity contribution in [1.82, 2.24) is 9.97 Å². The van der Waals surface area contributed by atoms with E-state index in [2.05, 4.69) is 9.97 Å². The molecular weight excluding hydrogens is 244 g/mol. The first-order valence-electron chi connectivity index (χ1n) is 5.74. The van der Waals surface area contributed by atoms with E-state index in [0.29, 0.717) is 17.1 Å². The fourth-order valence-corrected chi connectivity index (χ4v) is 1.73. The Bertz CT molecular complexity index is 632. The van der Waals surface area contributed by atoms with Crippen LogP contribution in [0.1, 0.15) is 0 Å². The summed E-state index contributed by atoms with van der Waals surface area (Å²) in [6.45, 7) is 0. The quantitative estimate of drug-likeness (QED) is 0.863. The fraction of sp³-hybridized carbons (Fsp3) is 0.231. The minimum Gasteiger partial charge on any atom is -0.497 e. The summed E-state index contributed by atoms with van der Waals surface area (Å²) in [5, 5.41) is 0. The van der Waals surface area contributed by atoms with E-state index in [0.717, 1.165) is 5.75 Å². The molecule has 6 nitrogen and oxygen atoms in total. The third kappa shape index (κ3) is 2.52. The molecule has 2 aromatic rings. The number of nitrogens with two attached hydrogens (primary N) is 1. The Morgan fingerprint density at radius 1 is 1.26 bits per heavy atom. The van der Waals surface area contributed by atoms with Gasteiger partial charge in [0, 0.05) is 14.1 Å². The van der Waals surface area contributed by atoms with Crippen molar-refractivity contribution in [3.63, 3.8) is 0 Å². The SMILES string of the molecule is COc1ccc(-c2c(N)nc(N(C)C)[nH]c2=O)cc1. The van der Waals surface area contributed by atoms with E-state index in [4.69, 9.17) is 10.5 Å². The van der Waals surface area contributed by atoms with E-state index >= 15 is 0 Å². The van der Waals surface area contributed by atoms with Crippen LogP contribution in [0.3, 0.4) is 0 Å². The predicted octanol–water partition coefficient (Wildman–Crippen LogP) is 1.09. The summed E-state index contributed by atoms with van der Waals surface area (Å²) in [7, 11) is 5.15. The number of benzene rings is 1. The maximum atomic E-state index is 12.1. The monoisotopic (exact) mass is 260 g/mol. The number of nitrogen functional groups attached to an aromatic ring is 1. The average Bonchev–Trinajstić information content (AvgIpc) is 2.38. The number of hydrogen-bond acceptors (Lipinski definition) is 5. The molecule has 0 spiro atoms. The molecule has 6 heteroatoms. The zero-order chi connectivity index (χ0) is 14.0. The molecule has 0 atom stereocenters. The minimum absolute atomic E-state index is 0.206. The van der Waals surface area contributed by atoms with Crippen LogP contribution in [0, 0.1) is 0 Å².